The number of hydrogen-bond acceptors (Lipinski definition) is 3. The zero-order valence-corrected chi connectivity index (χ0v) is 14.0. The SMILES string of the molecule is O=C(Cc1ccc2ccccc2c1)N1CCC(OCCCO)CC1. The monoisotopic (exact) mass is 327 g/mol. The van der Waals surface area contributed by atoms with Crippen LogP contribution in [-0.2, 0) is 16.0 Å². The summed E-state index contributed by atoms with van der Waals surface area (Å²) in [4.78, 5) is 14.5. The molecule has 128 valence electrons. The summed E-state index contributed by atoms with van der Waals surface area (Å²) >= 11 is 0. The zero-order valence-electron chi connectivity index (χ0n) is 14.0. The molecule has 4 heteroatoms. The Bertz CT molecular complexity index is 677. The summed E-state index contributed by atoms with van der Waals surface area (Å²) in [5.41, 5.74) is 1.07. The molecule has 1 saturated heterocycles. The van der Waals surface area contributed by atoms with E-state index >= 15 is 0 Å². The Morgan fingerprint density at radius 2 is 1.88 bits per heavy atom. The van der Waals surface area contributed by atoms with E-state index in [1.54, 1.807) is 0 Å². The lowest BCUT2D eigenvalue weighted by Gasteiger charge is -2.32. The molecule has 2 aromatic carbocycles. The number of hydrogen-bond donors (Lipinski definition) is 1. The summed E-state index contributed by atoms with van der Waals surface area (Å²) < 4.78 is 5.72. The zero-order chi connectivity index (χ0) is 16.8. The first-order valence-electron chi connectivity index (χ1n) is 8.74. The van der Waals surface area contributed by atoms with E-state index in [2.05, 4.69) is 24.3 Å². The summed E-state index contributed by atoms with van der Waals surface area (Å²) in [6.07, 6.45) is 3.13. The first-order chi connectivity index (χ1) is 11.8. The molecule has 1 aliphatic rings. The van der Waals surface area contributed by atoms with Crippen molar-refractivity contribution in [3.8, 4) is 0 Å². The minimum atomic E-state index is 0.170. The number of amides is 1. The summed E-state index contributed by atoms with van der Waals surface area (Å²) in [5.74, 6) is 0.194. The Labute approximate surface area is 143 Å². The van der Waals surface area contributed by atoms with Gasteiger partial charge in [-0.2, -0.15) is 0 Å². The number of nitrogens with zero attached hydrogens (tertiary/aromatic N) is 1. The van der Waals surface area contributed by atoms with Crippen molar-refractivity contribution in [2.75, 3.05) is 26.3 Å². The van der Waals surface area contributed by atoms with Crippen molar-refractivity contribution in [1.82, 2.24) is 4.90 Å². The number of likely N-dealkylation sites (tertiary alicyclic amines) is 1. The van der Waals surface area contributed by atoms with Gasteiger partial charge in [-0.05, 0) is 35.6 Å². The second-order valence-corrected chi connectivity index (χ2v) is 6.39. The van der Waals surface area contributed by atoms with Gasteiger partial charge >= 0.3 is 0 Å². The van der Waals surface area contributed by atoms with E-state index in [1.165, 1.54) is 10.8 Å². The van der Waals surface area contributed by atoms with E-state index in [0.29, 0.717) is 19.4 Å². The van der Waals surface area contributed by atoms with Crippen LogP contribution in [0, 0.1) is 0 Å². The predicted molar refractivity (Wildman–Crippen MR) is 94.9 cm³/mol. The molecule has 1 N–H and O–H groups in total. The summed E-state index contributed by atoms with van der Waals surface area (Å²) in [6.45, 7) is 2.29. The Morgan fingerprint density at radius 3 is 2.62 bits per heavy atom. The molecule has 3 rings (SSSR count). The standard InChI is InChI=1S/C20H25NO3/c22-12-3-13-24-19-8-10-21(11-9-19)20(23)15-16-6-7-17-4-1-2-5-18(17)14-16/h1-2,4-7,14,19,22H,3,8-13,15H2. The lowest BCUT2D eigenvalue weighted by Crippen LogP contribution is -2.41. The van der Waals surface area contributed by atoms with Gasteiger partial charge in [0.2, 0.25) is 5.91 Å². The number of fused-ring (bicyclic) bond motifs is 1. The van der Waals surface area contributed by atoms with E-state index in [4.69, 9.17) is 9.84 Å². The highest BCUT2D eigenvalue weighted by Crippen LogP contribution is 2.18. The van der Waals surface area contributed by atoms with Gasteiger partial charge in [0.25, 0.3) is 0 Å². The van der Waals surface area contributed by atoms with Crippen molar-refractivity contribution in [3.63, 3.8) is 0 Å². The Hall–Kier alpha value is -1.91. The summed E-state index contributed by atoms with van der Waals surface area (Å²) in [7, 11) is 0. The number of ether oxygens (including phenoxy) is 1. The maximum Gasteiger partial charge on any atom is 0.226 e. The maximum absolute atomic E-state index is 12.5. The molecule has 0 unspecified atom stereocenters. The third-order valence-corrected chi connectivity index (χ3v) is 4.62. The van der Waals surface area contributed by atoms with Crippen molar-refractivity contribution in [2.45, 2.75) is 31.8 Å². The molecule has 0 aliphatic carbocycles. The molecule has 0 atom stereocenters. The van der Waals surface area contributed by atoms with E-state index in [1.807, 2.05) is 23.1 Å². The molecule has 0 aromatic heterocycles. The molecule has 2 aromatic rings. The van der Waals surface area contributed by atoms with Crippen LogP contribution < -0.4 is 0 Å². The fourth-order valence-electron chi connectivity index (χ4n) is 3.22. The third-order valence-electron chi connectivity index (χ3n) is 4.62. The van der Waals surface area contributed by atoms with Crippen LogP contribution in [0.5, 0.6) is 0 Å². The molecule has 0 saturated carbocycles. The molecule has 1 fully saturated rings. The number of benzene rings is 2. The lowest BCUT2D eigenvalue weighted by atomic mass is 10.0. The summed E-state index contributed by atoms with van der Waals surface area (Å²) in [5, 5.41) is 11.2. The number of carbonyl (C=O) groups excluding carboxylic acids is 1. The van der Waals surface area contributed by atoms with Crippen LogP contribution >= 0.6 is 0 Å². The topological polar surface area (TPSA) is 49.8 Å². The number of aliphatic hydroxyl groups excluding tert-OH is 1. The Balaban J connectivity index is 1.51. The van der Waals surface area contributed by atoms with Gasteiger partial charge in [0, 0.05) is 26.3 Å². The average molecular weight is 327 g/mol. The van der Waals surface area contributed by atoms with Gasteiger partial charge in [0.1, 0.15) is 0 Å². The number of rotatable bonds is 6. The Kier molecular flexibility index (Phi) is 5.83. The van der Waals surface area contributed by atoms with Crippen LogP contribution in [0.15, 0.2) is 42.5 Å². The van der Waals surface area contributed by atoms with Crippen LogP contribution in [0.25, 0.3) is 10.8 Å². The number of aliphatic hydroxyl groups is 1. The molecule has 0 radical (unpaired) electrons. The second-order valence-electron chi connectivity index (χ2n) is 6.39. The normalized spacial score (nSPS) is 15.8. The fraction of sp³-hybridized carbons (Fsp3) is 0.450. The molecule has 1 heterocycles. The van der Waals surface area contributed by atoms with Crippen LogP contribution in [-0.4, -0.2) is 48.3 Å². The fourth-order valence-corrected chi connectivity index (χ4v) is 3.22. The number of carbonyl (C=O) groups is 1. The van der Waals surface area contributed by atoms with Gasteiger partial charge in [-0.3, -0.25) is 4.79 Å². The molecule has 24 heavy (non-hydrogen) atoms. The largest absolute Gasteiger partial charge is 0.396 e. The van der Waals surface area contributed by atoms with Crippen molar-refractivity contribution >= 4 is 16.7 Å². The van der Waals surface area contributed by atoms with Gasteiger partial charge in [-0.1, -0.05) is 42.5 Å². The number of piperidine rings is 1. The highest BCUT2D eigenvalue weighted by molar-refractivity contribution is 5.85. The molecule has 1 amide bonds. The van der Waals surface area contributed by atoms with Gasteiger partial charge in [0.15, 0.2) is 0 Å². The van der Waals surface area contributed by atoms with Gasteiger partial charge in [-0.15, -0.1) is 0 Å². The lowest BCUT2D eigenvalue weighted by molar-refractivity contribution is -0.133. The third kappa shape index (κ3) is 4.34. The van der Waals surface area contributed by atoms with E-state index in [-0.39, 0.29) is 18.6 Å². The highest BCUT2D eigenvalue weighted by Gasteiger charge is 2.23. The smallest absolute Gasteiger partial charge is 0.226 e. The maximum atomic E-state index is 12.5. The van der Waals surface area contributed by atoms with Crippen molar-refractivity contribution in [2.24, 2.45) is 0 Å². The van der Waals surface area contributed by atoms with Crippen LogP contribution in [0.1, 0.15) is 24.8 Å². The molecule has 1 aliphatic heterocycles. The average Bonchev–Trinajstić information content (AvgIpc) is 2.62. The van der Waals surface area contributed by atoms with Gasteiger partial charge in [-0.25, -0.2) is 0 Å². The van der Waals surface area contributed by atoms with E-state index < -0.39 is 0 Å². The van der Waals surface area contributed by atoms with E-state index in [0.717, 1.165) is 31.5 Å². The van der Waals surface area contributed by atoms with Crippen LogP contribution in [0.3, 0.4) is 0 Å². The molecule has 0 bridgehead atoms. The van der Waals surface area contributed by atoms with Gasteiger partial charge < -0.3 is 14.7 Å². The van der Waals surface area contributed by atoms with Crippen LogP contribution in [0.4, 0.5) is 0 Å². The van der Waals surface area contributed by atoms with Crippen molar-refractivity contribution < 1.29 is 14.6 Å². The predicted octanol–water partition coefficient (Wildman–Crippen LogP) is 2.77. The minimum Gasteiger partial charge on any atom is -0.396 e. The molecule has 0 spiro atoms. The highest BCUT2D eigenvalue weighted by atomic mass is 16.5. The first-order valence-corrected chi connectivity index (χ1v) is 8.74. The molecular weight excluding hydrogens is 302 g/mol. The molecule has 4 nitrogen and oxygen atoms in total. The quantitative estimate of drug-likeness (QED) is 0.830. The van der Waals surface area contributed by atoms with Crippen molar-refractivity contribution in [1.29, 1.82) is 0 Å². The Morgan fingerprint density at radius 1 is 1.12 bits per heavy atom. The van der Waals surface area contributed by atoms with Crippen molar-refractivity contribution in [3.05, 3.63) is 48.0 Å². The minimum absolute atomic E-state index is 0.170. The first kappa shape index (κ1) is 16.9. The molecular formula is C20H25NO3. The van der Waals surface area contributed by atoms with E-state index in [9.17, 15) is 4.79 Å². The van der Waals surface area contributed by atoms with Crippen LogP contribution in [0.2, 0.25) is 0 Å². The second kappa shape index (κ2) is 8.27. The van der Waals surface area contributed by atoms with Gasteiger partial charge in [0.05, 0.1) is 12.5 Å². The summed E-state index contributed by atoms with van der Waals surface area (Å²) in [6, 6.07) is 14.5.